The van der Waals surface area contributed by atoms with Crippen molar-refractivity contribution in [1.29, 1.82) is 0 Å². The number of nitrogens with zero attached hydrogens (tertiary/aromatic N) is 4. The topological polar surface area (TPSA) is 79.3 Å². The third kappa shape index (κ3) is 3.46. The van der Waals surface area contributed by atoms with E-state index in [-0.39, 0.29) is 0 Å². The SMILES string of the molecule is COc1cc2nccc(Oc3cc4cccnc4nc3-c3ccccn3)c2cc1OC. The maximum Gasteiger partial charge on any atom is 0.162 e. The molecule has 0 spiro atoms. The second-order valence-corrected chi connectivity index (χ2v) is 6.74. The molecule has 0 fully saturated rings. The van der Waals surface area contributed by atoms with Gasteiger partial charge < -0.3 is 14.2 Å². The van der Waals surface area contributed by atoms with Gasteiger partial charge in [-0.3, -0.25) is 9.97 Å². The smallest absolute Gasteiger partial charge is 0.162 e. The third-order valence-electron chi connectivity index (χ3n) is 4.89. The van der Waals surface area contributed by atoms with E-state index in [1.165, 1.54) is 0 Å². The maximum atomic E-state index is 6.39. The molecule has 1 aromatic carbocycles. The molecule has 0 saturated carbocycles. The fraction of sp³-hybridized carbons (Fsp3) is 0.0833. The van der Waals surface area contributed by atoms with Crippen molar-refractivity contribution in [3.05, 3.63) is 73.2 Å². The van der Waals surface area contributed by atoms with E-state index in [0.717, 1.165) is 16.3 Å². The lowest BCUT2D eigenvalue weighted by molar-refractivity contribution is 0.355. The first-order chi connectivity index (χ1) is 15.3. The van der Waals surface area contributed by atoms with Gasteiger partial charge in [0.2, 0.25) is 0 Å². The summed E-state index contributed by atoms with van der Waals surface area (Å²) >= 11 is 0. The minimum absolute atomic E-state index is 0.571. The predicted molar refractivity (Wildman–Crippen MR) is 118 cm³/mol. The van der Waals surface area contributed by atoms with Crippen molar-refractivity contribution >= 4 is 21.9 Å². The highest BCUT2D eigenvalue weighted by Gasteiger charge is 2.16. The zero-order valence-electron chi connectivity index (χ0n) is 16.9. The summed E-state index contributed by atoms with van der Waals surface area (Å²) < 4.78 is 17.2. The Labute approximate surface area is 178 Å². The molecular weight excluding hydrogens is 392 g/mol. The molecule has 0 bridgehead atoms. The largest absolute Gasteiger partial charge is 0.493 e. The van der Waals surface area contributed by atoms with Gasteiger partial charge in [0.1, 0.15) is 11.4 Å². The molecule has 4 aromatic heterocycles. The minimum Gasteiger partial charge on any atom is -0.493 e. The number of ether oxygens (including phenoxy) is 3. The van der Waals surface area contributed by atoms with Crippen LogP contribution < -0.4 is 14.2 Å². The Morgan fingerprint density at radius 3 is 2.32 bits per heavy atom. The van der Waals surface area contributed by atoms with Crippen LogP contribution in [0.25, 0.3) is 33.3 Å². The van der Waals surface area contributed by atoms with Crippen LogP contribution in [0.1, 0.15) is 0 Å². The summed E-state index contributed by atoms with van der Waals surface area (Å²) in [6.45, 7) is 0. The zero-order valence-corrected chi connectivity index (χ0v) is 16.9. The minimum atomic E-state index is 0.571. The lowest BCUT2D eigenvalue weighted by Crippen LogP contribution is -1.97. The van der Waals surface area contributed by atoms with Gasteiger partial charge in [-0.1, -0.05) is 6.07 Å². The number of hydrogen-bond acceptors (Lipinski definition) is 7. The van der Waals surface area contributed by atoms with Gasteiger partial charge in [-0.05, 0) is 42.5 Å². The summed E-state index contributed by atoms with van der Waals surface area (Å²) in [5.74, 6) is 2.39. The first-order valence-corrected chi connectivity index (χ1v) is 9.62. The molecule has 5 rings (SSSR count). The summed E-state index contributed by atoms with van der Waals surface area (Å²) in [5, 5.41) is 1.66. The van der Waals surface area contributed by atoms with Crippen molar-refractivity contribution in [1.82, 2.24) is 19.9 Å². The van der Waals surface area contributed by atoms with Gasteiger partial charge in [-0.2, -0.15) is 0 Å². The summed E-state index contributed by atoms with van der Waals surface area (Å²) in [5.41, 5.74) is 2.66. The van der Waals surface area contributed by atoms with Crippen molar-refractivity contribution < 1.29 is 14.2 Å². The van der Waals surface area contributed by atoms with E-state index in [4.69, 9.17) is 19.2 Å². The van der Waals surface area contributed by atoms with Crippen LogP contribution in [0.3, 0.4) is 0 Å². The molecule has 0 aliphatic carbocycles. The van der Waals surface area contributed by atoms with Crippen molar-refractivity contribution in [3.8, 4) is 34.4 Å². The van der Waals surface area contributed by atoms with E-state index < -0.39 is 0 Å². The molecule has 4 heterocycles. The molecule has 7 heteroatoms. The van der Waals surface area contributed by atoms with Crippen LogP contribution in [0, 0.1) is 0 Å². The molecule has 0 saturated heterocycles. The average molecular weight is 410 g/mol. The van der Waals surface area contributed by atoms with Gasteiger partial charge in [0.15, 0.2) is 22.9 Å². The van der Waals surface area contributed by atoms with Crippen LogP contribution in [0.2, 0.25) is 0 Å². The predicted octanol–water partition coefficient (Wildman–Crippen LogP) is 5.05. The van der Waals surface area contributed by atoms with E-state index in [1.807, 2.05) is 54.6 Å². The lowest BCUT2D eigenvalue weighted by atomic mass is 10.1. The first-order valence-electron chi connectivity index (χ1n) is 9.62. The zero-order chi connectivity index (χ0) is 21.2. The van der Waals surface area contributed by atoms with Crippen LogP contribution in [0.5, 0.6) is 23.0 Å². The lowest BCUT2D eigenvalue weighted by Gasteiger charge is -2.14. The van der Waals surface area contributed by atoms with Gasteiger partial charge in [0.25, 0.3) is 0 Å². The van der Waals surface area contributed by atoms with Gasteiger partial charge in [-0.15, -0.1) is 0 Å². The number of methoxy groups -OCH3 is 2. The summed E-state index contributed by atoms with van der Waals surface area (Å²) in [4.78, 5) is 18.0. The van der Waals surface area contributed by atoms with E-state index in [0.29, 0.717) is 40.0 Å². The second kappa shape index (κ2) is 7.87. The van der Waals surface area contributed by atoms with Crippen LogP contribution in [0.15, 0.2) is 73.2 Å². The molecule has 0 aliphatic heterocycles. The molecule has 7 nitrogen and oxygen atoms in total. The third-order valence-corrected chi connectivity index (χ3v) is 4.89. The fourth-order valence-electron chi connectivity index (χ4n) is 3.41. The number of hydrogen-bond donors (Lipinski definition) is 0. The second-order valence-electron chi connectivity index (χ2n) is 6.74. The standard InChI is InChI=1S/C24H18N4O3/c1-29-20-13-16-18(14-21(20)30-2)26-11-8-19(16)31-22-12-15-6-5-10-27-24(15)28-23(22)17-7-3-4-9-25-17/h3-14H,1-2H3. The number of rotatable bonds is 5. The quantitative estimate of drug-likeness (QED) is 0.401. The van der Waals surface area contributed by atoms with Crippen molar-refractivity contribution in [3.63, 3.8) is 0 Å². The van der Waals surface area contributed by atoms with Gasteiger partial charge >= 0.3 is 0 Å². The van der Waals surface area contributed by atoms with Gasteiger partial charge in [0, 0.05) is 35.4 Å². The average Bonchev–Trinajstić information content (AvgIpc) is 2.83. The highest BCUT2D eigenvalue weighted by Crippen LogP contribution is 2.39. The van der Waals surface area contributed by atoms with Crippen LogP contribution in [0.4, 0.5) is 0 Å². The normalized spacial score (nSPS) is 10.9. The van der Waals surface area contributed by atoms with Gasteiger partial charge in [-0.25, -0.2) is 9.97 Å². The fourth-order valence-corrected chi connectivity index (χ4v) is 3.41. The van der Waals surface area contributed by atoms with E-state index in [9.17, 15) is 0 Å². The Morgan fingerprint density at radius 1 is 0.677 bits per heavy atom. The Morgan fingerprint density at radius 2 is 1.52 bits per heavy atom. The Hall–Kier alpha value is -4.26. The van der Waals surface area contributed by atoms with Crippen molar-refractivity contribution in [2.24, 2.45) is 0 Å². The molecule has 0 atom stereocenters. The maximum absolute atomic E-state index is 6.39. The molecule has 31 heavy (non-hydrogen) atoms. The molecule has 0 aliphatic rings. The van der Waals surface area contributed by atoms with Crippen LogP contribution in [-0.4, -0.2) is 34.2 Å². The monoisotopic (exact) mass is 410 g/mol. The van der Waals surface area contributed by atoms with E-state index in [1.54, 1.807) is 32.8 Å². The Kier molecular flexibility index (Phi) is 4.76. The molecule has 0 unspecified atom stereocenters. The molecule has 0 radical (unpaired) electrons. The highest BCUT2D eigenvalue weighted by molar-refractivity contribution is 5.89. The molecule has 5 aromatic rings. The Balaban J connectivity index is 1.69. The number of pyridine rings is 4. The molecular formula is C24H18N4O3. The van der Waals surface area contributed by atoms with Crippen molar-refractivity contribution in [2.75, 3.05) is 14.2 Å². The van der Waals surface area contributed by atoms with Gasteiger partial charge in [0.05, 0.1) is 25.4 Å². The van der Waals surface area contributed by atoms with Crippen molar-refractivity contribution in [2.45, 2.75) is 0 Å². The van der Waals surface area contributed by atoms with E-state index >= 15 is 0 Å². The van der Waals surface area contributed by atoms with Crippen LogP contribution in [-0.2, 0) is 0 Å². The number of fused-ring (bicyclic) bond motifs is 2. The summed E-state index contributed by atoms with van der Waals surface area (Å²) in [7, 11) is 3.19. The molecule has 0 N–H and O–H groups in total. The molecule has 152 valence electrons. The number of aromatic nitrogens is 4. The van der Waals surface area contributed by atoms with Crippen LogP contribution >= 0.6 is 0 Å². The number of benzene rings is 1. The van der Waals surface area contributed by atoms with E-state index in [2.05, 4.69) is 15.0 Å². The first kappa shape index (κ1) is 18.7. The summed E-state index contributed by atoms with van der Waals surface area (Å²) in [6.07, 6.45) is 5.14. The summed E-state index contributed by atoms with van der Waals surface area (Å²) in [6, 6.07) is 16.9. The Bertz CT molecular complexity index is 1390. The highest BCUT2D eigenvalue weighted by atomic mass is 16.5. The molecule has 0 amide bonds.